The molecule has 0 amide bonds. The van der Waals surface area contributed by atoms with Crippen molar-refractivity contribution in [1.82, 2.24) is 14.7 Å². The first-order valence-corrected chi connectivity index (χ1v) is 24.6. The molecular weight excluding hydrogens is 1270 g/mol. The van der Waals surface area contributed by atoms with Gasteiger partial charge in [0.1, 0.15) is 11.5 Å². The van der Waals surface area contributed by atoms with Gasteiger partial charge in [-0.15, -0.1) is 48.8 Å². The Morgan fingerprint density at radius 2 is 1.28 bits per heavy atom. The molecule has 1 aromatic carbocycles. The molecule has 2 aromatic heterocycles. The van der Waals surface area contributed by atoms with Crippen LogP contribution in [0.3, 0.4) is 0 Å². The standard InChI is InChI=1S/C30H35ClN5.C15H17ClN2.C11H15N2.C2H4O2.2ClH.2HI.Na/c1-29(2)22-10-8-16-35(6)27(22)32-24(29)14-12-20-18-34(5)19-21(26(20)31)13-15-25-30(3,4)23-11-9-17-36(7)28(23)33-25;1-3-12-10-18(2)11-13(15(12)16)9-17-14-7-5-4-6-8-14;1-8-11(2,3)9-6-5-7-13(4)10(9)12-8;1-2(3)4;;;;;/h8-17H,18-19H2,1-7H3;3-9,17H,1,10-11H2,2H3;5-7H,1-4H3;1H3,(H,3,4);4*1H;/q+1;;+1;;;;;;+1/p-2/b;13-9+;;;;;;;. The first-order chi connectivity index (χ1) is 33.5. The van der Waals surface area contributed by atoms with Crippen LogP contribution in [0.5, 0.6) is 0 Å². The number of halogens is 6. The van der Waals surface area contributed by atoms with Crippen molar-refractivity contribution in [2.75, 3.05) is 52.6 Å². The predicted octanol–water partition coefficient (Wildman–Crippen LogP) is 5.23. The second-order valence-electron chi connectivity index (χ2n) is 20.2. The summed E-state index contributed by atoms with van der Waals surface area (Å²) in [7, 11) is 10.3. The molecule has 76 heavy (non-hydrogen) atoms. The number of carboxylic acids is 1. The molecule has 0 saturated heterocycles. The Morgan fingerprint density at radius 3 is 1.82 bits per heavy atom. The van der Waals surface area contributed by atoms with E-state index in [0.29, 0.717) is 0 Å². The number of rotatable bonds is 6. The Kier molecular flexibility index (Phi) is 28.3. The van der Waals surface area contributed by atoms with Gasteiger partial charge in [0.05, 0.1) is 59.2 Å². The van der Waals surface area contributed by atoms with Crippen molar-refractivity contribution >= 4 is 113 Å². The number of hydrogen-bond acceptors (Lipinski definition) is 9. The fraction of sp³-hybridized carbons (Fsp3) is 0.345. The minimum atomic E-state index is -1.08. The molecule has 8 heterocycles. The van der Waals surface area contributed by atoms with Crippen LogP contribution < -0.4 is 73.1 Å². The first kappa shape index (κ1) is 70.8. The molecule has 0 atom stereocenters. The molecular formula is C58H73Cl4I2N9NaO2+. The minimum absolute atomic E-state index is 0. The summed E-state index contributed by atoms with van der Waals surface area (Å²) in [5.74, 6) is 2.06. The summed E-state index contributed by atoms with van der Waals surface area (Å²) in [6, 6.07) is 18.5. The zero-order valence-corrected chi connectivity index (χ0v) is 56.0. The summed E-state index contributed by atoms with van der Waals surface area (Å²) in [6.45, 7) is 23.5. The van der Waals surface area contributed by atoms with Crippen LogP contribution in [0.2, 0.25) is 0 Å². The number of aliphatic carboxylic acids is 1. The Bertz CT molecular complexity index is 2950. The van der Waals surface area contributed by atoms with Crippen molar-refractivity contribution in [2.45, 2.75) is 66.2 Å². The SMILES string of the molecule is C=CC1=C(Cl)/C(=C/Nc2ccccc2)CN(C)C1.CC(=O)[O-].CC1=Nc2c(ccc[n+]2C)C1(C)C.CN1CC(/C=C/C2=Nc3c(ccc[n+]3C)C2(C)C)=C(Cl)C(=C/C=C2/N=C3C(=CC=CN3C)C2(C)C)/C1.Cl.Cl.I.[I-].[Na+]. The summed E-state index contributed by atoms with van der Waals surface area (Å²) in [4.78, 5) is 30.0. The minimum Gasteiger partial charge on any atom is -1.00 e. The van der Waals surface area contributed by atoms with E-state index in [-0.39, 0.29) is 119 Å². The van der Waals surface area contributed by atoms with Crippen molar-refractivity contribution in [2.24, 2.45) is 34.5 Å². The number of carboxylic acid groups (broad SMARTS) is 1. The molecule has 1 N–H and O–H groups in total. The number of nitrogens with one attached hydrogen (secondary N) is 1. The number of likely N-dealkylation sites (N-methyl/N-ethyl adjacent to an activating group) is 3. The number of aliphatic imine (C=N–C) groups is 3. The van der Waals surface area contributed by atoms with Crippen molar-refractivity contribution in [1.29, 1.82) is 0 Å². The van der Waals surface area contributed by atoms with E-state index < -0.39 is 5.97 Å². The Balaban J connectivity index is 0.000000605. The molecule has 3 aromatic rings. The fourth-order valence-electron chi connectivity index (χ4n) is 9.00. The Morgan fingerprint density at radius 1 is 0.750 bits per heavy atom. The third-order valence-electron chi connectivity index (χ3n) is 13.6. The van der Waals surface area contributed by atoms with Gasteiger partial charge in [-0.2, -0.15) is 0 Å². The summed E-state index contributed by atoms with van der Waals surface area (Å²) in [6.07, 6.45) is 22.7. The molecule has 6 aliphatic heterocycles. The van der Waals surface area contributed by atoms with Gasteiger partial charge in [-0.05, 0) is 137 Å². The molecule has 404 valence electrons. The van der Waals surface area contributed by atoms with Gasteiger partial charge in [0.15, 0.2) is 5.71 Å². The van der Waals surface area contributed by atoms with Gasteiger partial charge in [0.2, 0.25) is 0 Å². The van der Waals surface area contributed by atoms with Gasteiger partial charge in [-0.25, -0.2) is 14.1 Å². The smallest absolute Gasteiger partial charge is 1.00 e. The van der Waals surface area contributed by atoms with Crippen LogP contribution in [-0.4, -0.2) is 85.3 Å². The van der Waals surface area contributed by atoms with Crippen molar-refractivity contribution in [3.63, 3.8) is 0 Å². The number of nitrogens with zero attached hydrogens (tertiary/aromatic N) is 8. The summed E-state index contributed by atoms with van der Waals surface area (Å²) in [5, 5.41) is 13.8. The number of benzene rings is 1. The van der Waals surface area contributed by atoms with E-state index in [0.717, 1.165) is 100 Å². The van der Waals surface area contributed by atoms with Crippen LogP contribution in [-0.2, 0) is 29.7 Å². The zero-order valence-electron chi connectivity index (χ0n) is 46.3. The maximum absolute atomic E-state index is 8.89. The monoisotopic (exact) mass is 1340 g/mol. The fourth-order valence-corrected chi connectivity index (χ4v) is 9.50. The third-order valence-corrected chi connectivity index (χ3v) is 14.6. The summed E-state index contributed by atoms with van der Waals surface area (Å²) in [5.41, 5.74) is 12.4. The number of carbonyl (C=O) groups is 1. The number of pyridine rings is 2. The molecule has 0 unspecified atom stereocenters. The second-order valence-corrected chi connectivity index (χ2v) is 21.0. The van der Waals surface area contributed by atoms with Crippen LogP contribution in [0.25, 0.3) is 0 Å². The van der Waals surface area contributed by atoms with E-state index in [9.17, 15) is 0 Å². The van der Waals surface area contributed by atoms with Crippen LogP contribution in [0.4, 0.5) is 17.3 Å². The largest absolute Gasteiger partial charge is 1.00 e. The van der Waals surface area contributed by atoms with E-state index in [4.69, 9.17) is 43.1 Å². The number of aromatic nitrogens is 2. The third kappa shape index (κ3) is 16.7. The average Bonchev–Trinajstić information content (AvgIpc) is 3.84. The molecule has 18 heteroatoms. The number of anilines is 1. The molecule has 6 aliphatic rings. The maximum Gasteiger partial charge on any atom is 1.00 e. The number of hydrogen-bond donors (Lipinski definition) is 1. The van der Waals surface area contributed by atoms with Gasteiger partial charge in [0, 0.05) is 78.9 Å². The number of aryl methyl sites for hydroxylation is 2. The molecule has 9 rings (SSSR count). The van der Waals surface area contributed by atoms with Crippen molar-refractivity contribution < 1.29 is 72.6 Å². The summed E-state index contributed by atoms with van der Waals surface area (Å²) < 4.78 is 4.16. The van der Waals surface area contributed by atoms with Crippen LogP contribution in [0.1, 0.15) is 66.5 Å². The van der Waals surface area contributed by atoms with E-state index in [1.165, 1.54) is 22.4 Å². The molecule has 0 spiro atoms. The van der Waals surface area contributed by atoms with Gasteiger partial charge in [0.25, 0.3) is 0 Å². The van der Waals surface area contributed by atoms with E-state index >= 15 is 0 Å². The first-order valence-electron chi connectivity index (χ1n) is 23.9. The topological polar surface area (TPSA) is 107 Å². The van der Waals surface area contributed by atoms with E-state index in [1.54, 1.807) is 0 Å². The Labute approximate surface area is 531 Å². The van der Waals surface area contributed by atoms with E-state index in [1.807, 2.05) is 82.3 Å². The Hall–Kier alpha value is -3.20. The van der Waals surface area contributed by atoms with Crippen LogP contribution in [0, 0.1) is 5.41 Å². The van der Waals surface area contributed by atoms with Crippen molar-refractivity contribution in [3.05, 3.63) is 183 Å². The quantitative estimate of drug-likeness (QED) is 0.206. The molecule has 0 saturated carbocycles. The second kappa shape index (κ2) is 30.4. The number of fused-ring (bicyclic) bond motifs is 3. The van der Waals surface area contributed by atoms with E-state index in [2.05, 4.69) is 164 Å². The van der Waals surface area contributed by atoms with Gasteiger partial charge in [-0.3, -0.25) is 9.80 Å². The number of allylic oxidation sites excluding steroid dienone is 6. The summed E-state index contributed by atoms with van der Waals surface area (Å²) >= 11 is 13.3. The van der Waals surface area contributed by atoms with Gasteiger partial charge < -0.3 is 44.1 Å². The molecule has 0 bridgehead atoms. The average molecular weight is 1350 g/mol. The number of para-hydroxylation sites is 1. The zero-order chi connectivity index (χ0) is 52.0. The normalized spacial score (nSPS) is 19.8. The van der Waals surface area contributed by atoms with Gasteiger partial charge in [-0.1, -0.05) is 86.1 Å². The van der Waals surface area contributed by atoms with Crippen molar-refractivity contribution in [3.8, 4) is 0 Å². The molecule has 0 aliphatic carbocycles. The predicted molar refractivity (Wildman–Crippen MR) is 322 cm³/mol. The molecule has 0 radical (unpaired) electrons. The maximum atomic E-state index is 8.89. The molecule has 11 nitrogen and oxygen atoms in total. The number of carbonyl (C=O) groups excluding carboxylic acids is 1. The van der Waals surface area contributed by atoms with Crippen LogP contribution >= 0.6 is 72.0 Å². The number of amidine groups is 1. The van der Waals surface area contributed by atoms with Gasteiger partial charge >= 0.3 is 41.2 Å². The van der Waals surface area contributed by atoms with Crippen LogP contribution in [0.15, 0.2) is 187 Å². The molecule has 0 fully saturated rings.